The van der Waals surface area contributed by atoms with Crippen LogP contribution in [0.4, 0.5) is 0 Å². The van der Waals surface area contributed by atoms with Gasteiger partial charge in [0.2, 0.25) is 0 Å². The van der Waals surface area contributed by atoms with Gasteiger partial charge in [-0.15, -0.1) is 45.3 Å². The molecule has 0 atom stereocenters. The number of rotatable bonds is 0. The Hall–Kier alpha value is -1.98. The first-order valence-corrected chi connectivity index (χ1v) is 12.5. The van der Waals surface area contributed by atoms with E-state index >= 15 is 0 Å². The minimum absolute atomic E-state index is 1.34. The highest BCUT2D eigenvalue weighted by molar-refractivity contribution is 7.38. The molecule has 0 saturated heterocycles. The van der Waals surface area contributed by atoms with Crippen LogP contribution in [0, 0.1) is 13.8 Å². The molecule has 0 spiro atoms. The molecule has 7 rings (SSSR count). The van der Waals surface area contributed by atoms with Crippen molar-refractivity contribution < 1.29 is 0 Å². The van der Waals surface area contributed by atoms with Crippen molar-refractivity contribution in [3.63, 3.8) is 0 Å². The molecule has 0 bridgehead atoms. The molecule has 7 aromatic rings. The van der Waals surface area contributed by atoms with Crippen LogP contribution >= 0.6 is 45.3 Å². The van der Waals surface area contributed by atoms with E-state index in [0.717, 1.165) is 0 Å². The van der Waals surface area contributed by atoms with E-state index in [0.29, 0.717) is 0 Å². The topological polar surface area (TPSA) is 0 Å². The molecule has 4 heteroatoms. The molecule has 28 heavy (non-hydrogen) atoms. The number of hydrogen-bond acceptors (Lipinski definition) is 4. The van der Waals surface area contributed by atoms with Crippen molar-refractivity contribution in [3.05, 3.63) is 59.7 Å². The zero-order valence-electron chi connectivity index (χ0n) is 15.3. The van der Waals surface area contributed by atoms with Crippen LogP contribution in [0.5, 0.6) is 0 Å². The first-order chi connectivity index (χ1) is 13.7. The van der Waals surface area contributed by atoms with E-state index in [1.54, 1.807) is 0 Å². The van der Waals surface area contributed by atoms with Crippen molar-refractivity contribution >= 4 is 104 Å². The highest BCUT2D eigenvalue weighted by atomic mass is 32.1. The maximum atomic E-state index is 2.45. The number of hydrogen-bond donors (Lipinski definition) is 0. The number of fused-ring (bicyclic) bond motifs is 10. The van der Waals surface area contributed by atoms with Gasteiger partial charge in [-0.05, 0) is 49.2 Å². The zero-order chi connectivity index (χ0) is 18.6. The SMILES string of the molecule is Cc1ccc2c(c1)sc1c3cc4sc5c6ccc(C)cc6sc5c4cc3sc21. The minimum atomic E-state index is 1.34. The van der Waals surface area contributed by atoms with E-state index in [2.05, 4.69) is 62.4 Å². The third kappa shape index (κ3) is 1.99. The van der Waals surface area contributed by atoms with E-state index in [1.807, 2.05) is 45.3 Å². The van der Waals surface area contributed by atoms with Crippen LogP contribution in [0.2, 0.25) is 0 Å². The molecule has 0 unspecified atom stereocenters. The first-order valence-electron chi connectivity index (χ1n) is 9.26. The summed E-state index contributed by atoms with van der Waals surface area (Å²) in [5.74, 6) is 0. The van der Waals surface area contributed by atoms with Crippen molar-refractivity contribution in [2.45, 2.75) is 13.8 Å². The van der Waals surface area contributed by atoms with E-state index < -0.39 is 0 Å². The minimum Gasteiger partial charge on any atom is -0.134 e. The summed E-state index contributed by atoms with van der Waals surface area (Å²) in [6, 6.07) is 18.6. The molecule has 0 amide bonds. The molecule has 0 aliphatic rings. The maximum Gasteiger partial charge on any atom is 0.0542 e. The van der Waals surface area contributed by atoms with Crippen molar-refractivity contribution in [3.8, 4) is 0 Å². The summed E-state index contributed by atoms with van der Waals surface area (Å²) in [5, 5.41) is 5.69. The summed E-state index contributed by atoms with van der Waals surface area (Å²) in [5.41, 5.74) is 2.68. The second-order valence-electron chi connectivity index (χ2n) is 7.57. The molecular weight excluding hydrogens is 417 g/mol. The van der Waals surface area contributed by atoms with Gasteiger partial charge in [-0.2, -0.15) is 0 Å². The Morgan fingerprint density at radius 2 is 0.786 bits per heavy atom. The molecule has 0 saturated carbocycles. The molecule has 4 aromatic heterocycles. The van der Waals surface area contributed by atoms with E-state index in [-0.39, 0.29) is 0 Å². The lowest BCUT2D eigenvalue weighted by Crippen LogP contribution is -1.67. The lowest BCUT2D eigenvalue weighted by atomic mass is 10.1. The Kier molecular flexibility index (Phi) is 3.03. The zero-order valence-corrected chi connectivity index (χ0v) is 18.5. The lowest BCUT2D eigenvalue weighted by Gasteiger charge is -1.94. The normalized spacial score (nSPS) is 12.6. The van der Waals surface area contributed by atoms with E-state index in [9.17, 15) is 0 Å². The second-order valence-corrected chi connectivity index (χ2v) is 11.8. The molecule has 0 aliphatic carbocycles. The molecule has 0 N–H and O–H groups in total. The lowest BCUT2D eigenvalue weighted by molar-refractivity contribution is 1.52. The number of benzene rings is 3. The number of aryl methyl sites for hydroxylation is 2. The highest BCUT2D eigenvalue weighted by Gasteiger charge is 2.17. The summed E-state index contributed by atoms with van der Waals surface area (Å²) in [6.07, 6.45) is 0. The highest BCUT2D eigenvalue weighted by Crippen LogP contribution is 2.49. The fourth-order valence-corrected chi connectivity index (χ4v) is 9.75. The van der Waals surface area contributed by atoms with Crippen LogP contribution in [0.25, 0.3) is 59.1 Å². The summed E-state index contributed by atoms with van der Waals surface area (Å²) in [6.45, 7) is 4.36. The Morgan fingerprint density at radius 1 is 0.429 bits per heavy atom. The van der Waals surface area contributed by atoms with Gasteiger partial charge in [0.05, 0.1) is 18.8 Å². The van der Waals surface area contributed by atoms with Crippen LogP contribution in [0.1, 0.15) is 11.1 Å². The summed E-state index contributed by atoms with van der Waals surface area (Å²) < 4.78 is 11.5. The molecule has 0 fully saturated rings. The fourth-order valence-electron chi connectivity index (χ4n) is 4.22. The first kappa shape index (κ1) is 15.9. The quantitative estimate of drug-likeness (QED) is 0.225. The van der Waals surface area contributed by atoms with Gasteiger partial charge in [-0.25, -0.2) is 0 Å². The maximum absolute atomic E-state index is 2.45. The predicted molar refractivity (Wildman–Crippen MR) is 132 cm³/mol. The molecule has 134 valence electrons. The fraction of sp³-hybridized carbons (Fsp3) is 0.0833. The van der Waals surface area contributed by atoms with Crippen LogP contribution < -0.4 is 0 Å². The van der Waals surface area contributed by atoms with Crippen LogP contribution in [-0.4, -0.2) is 0 Å². The van der Waals surface area contributed by atoms with Gasteiger partial charge in [0, 0.05) is 40.3 Å². The second kappa shape index (κ2) is 5.33. The molecule has 0 aliphatic heterocycles. The Morgan fingerprint density at radius 3 is 1.21 bits per heavy atom. The standard InChI is InChI=1S/C24H14S4/c1-11-3-5-13-17(7-11)25-23-15-9-20-16(10-19(15)27-21(13)23)24-22(28-20)14-6-4-12(2)8-18(14)26-24/h3-10H,1-2H3. The average molecular weight is 431 g/mol. The van der Waals surface area contributed by atoms with Gasteiger partial charge in [-0.1, -0.05) is 24.3 Å². The van der Waals surface area contributed by atoms with Crippen LogP contribution in [0.3, 0.4) is 0 Å². The number of thiophene rings is 4. The van der Waals surface area contributed by atoms with E-state index in [4.69, 9.17) is 0 Å². The van der Waals surface area contributed by atoms with Crippen molar-refractivity contribution in [1.29, 1.82) is 0 Å². The van der Waals surface area contributed by atoms with Gasteiger partial charge < -0.3 is 0 Å². The average Bonchev–Trinajstić information content (AvgIpc) is 3.37. The van der Waals surface area contributed by atoms with E-state index in [1.165, 1.54) is 70.3 Å². The van der Waals surface area contributed by atoms with Gasteiger partial charge >= 0.3 is 0 Å². The summed E-state index contributed by atoms with van der Waals surface area (Å²) in [7, 11) is 0. The Labute approximate surface area is 177 Å². The summed E-state index contributed by atoms with van der Waals surface area (Å²) in [4.78, 5) is 0. The van der Waals surface area contributed by atoms with Crippen molar-refractivity contribution in [1.82, 2.24) is 0 Å². The smallest absolute Gasteiger partial charge is 0.0542 e. The van der Waals surface area contributed by atoms with Gasteiger partial charge in [-0.3, -0.25) is 0 Å². The summed E-state index contributed by atoms with van der Waals surface area (Å²) >= 11 is 7.82. The van der Waals surface area contributed by atoms with Crippen LogP contribution in [0.15, 0.2) is 48.5 Å². The molecule has 4 heterocycles. The third-order valence-electron chi connectivity index (χ3n) is 5.60. The van der Waals surface area contributed by atoms with Gasteiger partial charge in [0.15, 0.2) is 0 Å². The molecule has 0 nitrogen and oxygen atoms in total. The van der Waals surface area contributed by atoms with Crippen molar-refractivity contribution in [2.24, 2.45) is 0 Å². The molecule has 3 aromatic carbocycles. The Balaban J connectivity index is 1.61. The van der Waals surface area contributed by atoms with Crippen LogP contribution in [-0.2, 0) is 0 Å². The predicted octanol–water partition coefficient (Wildman–Crippen LogP) is 9.47. The monoisotopic (exact) mass is 430 g/mol. The van der Waals surface area contributed by atoms with Gasteiger partial charge in [0.25, 0.3) is 0 Å². The third-order valence-corrected chi connectivity index (χ3v) is 10.6. The molecular formula is C24H14S4. The Bertz CT molecular complexity index is 1600. The van der Waals surface area contributed by atoms with Crippen molar-refractivity contribution in [2.75, 3.05) is 0 Å². The largest absolute Gasteiger partial charge is 0.134 e. The van der Waals surface area contributed by atoms with Gasteiger partial charge in [0.1, 0.15) is 0 Å². The molecule has 0 radical (unpaired) electrons.